The largest absolute Gasteiger partial charge is 1.00 e. The van der Waals surface area contributed by atoms with E-state index in [1.807, 2.05) is 4.57 Å². The molecule has 4 aromatic carbocycles. The van der Waals surface area contributed by atoms with Gasteiger partial charge in [-0.05, 0) is 66.0 Å². The van der Waals surface area contributed by atoms with Gasteiger partial charge in [0.1, 0.15) is 31.7 Å². The van der Waals surface area contributed by atoms with Crippen LogP contribution in [0, 0.1) is 41.5 Å². The molecule has 1 aromatic heterocycles. The number of aryl methyl sites for hydroxylation is 6. The van der Waals surface area contributed by atoms with E-state index in [1.165, 1.54) is 50.1 Å². The molecule has 0 saturated heterocycles. The molecule has 0 amide bonds. The molecule has 1 atom stereocenters. The Labute approximate surface area is 372 Å². The first kappa shape index (κ1) is 49.0. The topological polar surface area (TPSA) is 62.6 Å². The molecular formula is C47H64Br2N4O4S. The van der Waals surface area contributed by atoms with Crippen molar-refractivity contribution >= 4 is 22.7 Å². The number of rotatable bonds is 18. The molecule has 1 unspecified atom stereocenters. The van der Waals surface area contributed by atoms with E-state index in [4.69, 9.17) is 19.2 Å². The molecule has 0 aliphatic rings. The van der Waals surface area contributed by atoms with E-state index < -0.39 is 0 Å². The Morgan fingerprint density at radius 1 is 0.603 bits per heavy atom. The Morgan fingerprint density at radius 3 is 1.60 bits per heavy atom. The molecular weight excluding hydrogens is 876 g/mol. The van der Waals surface area contributed by atoms with Crippen molar-refractivity contribution < 1.29 is 57.1 Å². The number of hydrogen-bond acceptors (Lipinski definition) is 6. The van der Waals surface area contributed by atoms with E-state index in [9.17, 15) is 4.79 Å². The number of ether oxygens (including phenoxy) is 3. The molecule has 316 valence electrons. The molecule has 8 nitrogen and oxygen atoms in total. The van der Waals surface area contributed by atoms with Gasteiger partial charge in [-0.1, -0.05) is 99.7 Å². The third-order valence-corrected chi connectivity index (χ3v) is 11.7. The minimum absolute atomic E-state index is 0. The first-order valence-electron chi connectivity index (χ1n) is 19.8. The van der Waals surface area contributed by atoms with Gasteiger partial charge in [-0.25, -0.2) is 4.98 Å². The van der Waals surface area contributed by atoms with Crippen molar-refractivity contribution in [3.05, 3.63) is 121 Å². The number of hydrogen-bond donors (Lipinski definition) is 0. The summed E-state index contributed by atoms with van der Waals surface area (Å²) in [6.45, 7) is 18.6. The Hall–Kier alpha value is -3.35. The number of methoxy groups -OCH3 is 3. The molecule has 58 heavy (non-hydrogen) atoms. The van der Waals surface area contributed by atoms with Crippen LogP contribution in [0.4, 0.5) is 0 Å². The van der Waals surface area contributed by atoms with E-state index in [0.29, 0.717) is 45.6 Å². The number of aromatic nitrogens is 2. The SMILES string of the molecule is COc1cc2c(=O)n(CCCC[N+](C)(CC[N+](C)(C)Cc3cc(C)cc(C)c3)Cc3cc(C)cc(C)c3)c(SCc3cc(C)cc(C)c3)nc2c(OC)c1OC.[Br-].[Br-]. The monoisotopic (exact) mass is 938 g/mol. The van der Waals surface area contributed by atoms with Crippen LogP contribution in [0.1, 0.15) is 62.9 Å². The maximum atomic E-state index is 14.5. The molecule has 0 N–H and O–H groups in total. The van der Waals surface area contributed by atoms with Crippen molar-refractivity contribution in [3.63, 3.8) is 0 Å². The van der Waals surface area contributed by atoms with Gasteiger partial charge in [0.2, 0.25) is 5.75 Å². The summed E-state index contributed by atoms with van der Waals surface area (Å²) in [5, 5.41) is 1.12. The lowest BCUT2D eigenvalue weighted by molar-refractivity contribution is -0.968. The van der Waals surface area contributed by atoms with Gasteiger partial charge in [0, 0.05) is 23.4 Å². The second kappa shape index (κ2) is 21.3. The van der Waals surface area contributed by atoms with Gasteiger partial charge in [0.05, 0.1) is 54.4 Å². The standard InChI is InChI=1S/C47H64N4O4S.2BrH/c1-32-19-33(2)23-38(22-32)29-50(7,8)17-18-51(9,30-39-24-34(3)20-35(4)25-39)16-14-13-15-49-46(52)41-28-42(53-10)44(54-11)45(55-12)43(41)48-47(49)56-31-40-26-36(5)21-37(6)27-40;;/h19-28H,13-18,29-31H2,1-12H3;2*1H/q+2;;/p-2. The smallest absolute Gasteiger partial charge is 0.262 e. The number of likely N-dealkylation sites (N-methyl/N-ethyl adjacent to an activating group) is 2. The maximum absolute atomic E-state index is 14.5. The van der Waals surface area contributed by atoms with Crippen LogP contribution in [-0.2, 0) is 25.4 Å². The normalized spacial score (nSPS) is 12.4. The molecule has 11 heteroatoms. The number of halogens is 2. The van der Waals surface area contributed by atoms with E-state index in [0.717, 1.165) is 54.5 Å². The number of nitrogens with zero attached hydrogens (tertiary/aromatic N) is 4. The molecule has 0 spiro atoms. The highest BCUT2D eigenvalue weighted by molar-refractivity contribution is 7.98. The van der Waals surface area contributed by atoms with Crippen molar-refractivity contribution in [2.45, 2.75) is 84.9 Å². The van der Waals surface area contributed by atoms with Crippen molar-refractivity contribution in [2.24, 2.45) is 0 Å². The summed E-state index contributed by atoms with van der Waals surface area (Å²) < 4.78 is 20.8. The average molecular weight is 941 g/mol. The van der Waals surface area contributed by atoms with Crippen LogP contribution in [0.3, 0.4) is 0 Å². The summed E-state index contributed by atoms with van der Waals surface area (Å²) in [6, 6.07) is 22.2. The van der Waals surface area contributed by atoms with Gasteiger partial charge in [0.15, 0.2) is 16.7 Å². The van der Waals surface area contributed by atoms with Crippen molar-refractivity contribution in [1.82, 2.24) is 9.55 Å². The number of benzene rings is 4. The summed E-state index contributed by atoms with van der Waals surface area (Å²) >= 11 is 1.59. The van der Waals surface area contributed by atoms with E-state index in [1.54, 1.807) is 39.2 Å². The lowest BCUT2D eigenvalue weighted by Crippen LogP contribution is -3.00. The summed E-state index contributed by atoms with van der Waals surface area (Å²) in [4.78, 5) is 19.6. The van der Waals surface area contributed by atoms with Crippen LogP contribution >= 0.6 is 11.8 Å². The lowest BCUT2D eigenvalue weighted by atomic mass is 10.1. The van der Waals surface area contributed by atoms with Crippen LogP contribution in [0.5, 0.6) is 17.2 Å². The molecule has 0 fully saturated rings. The zero-order chi connectivity index (χ0) is 40.8. The molecule has 1 heterocycles. The Balaban J connectivity index is 0.00000450. The number of quaternary nitrogens is 2. The second-order valence-corrected chi connectivity index (χ2v) is 17.9. The number of fused-ring (bicyclic) bond motifs is 1. The fourth-order valence-electron chi connectivity index (χ4n) is 8.29. The molecule has 0 radical (unpaired) electrons. The second-order valence-electron chi connectivity index (χ2n) is 16.9. The van der Waals surface area contributed by atoms with Crippen LogP contribution in [0.15, 0.2) is 70.6 Å². The van der Waals surface area contributed by atoms with Crippen molar-refractivity contribution in [3.8, 4) is 17.2 Å². The molecule has 0 bridgehead atoms. The van der Waals surface area contributed by atoms with Gasteiger partial charge in [-0.2, -0.15) is 0 Å². The summed E-state index contributed by atoms with van der Waals surface area (Å²) in [7, 11) is 11.8. The van der Waals surface area contributed by atoms with Gasteiger partial charge >= 0.3 is 0 Å². The molecule has 5 aromatic rings. The van der Waals surface area contributed by atoms with Gasteiger partial charge in [-0.3, -0.25) is 9.36 Å². The minimum atomic E-state index is -0.102. The highest BCUT2D eigenvalue weighted by atomic mass is 79.9. The molecule has 5 rings (SSSR count). The van der Waals surface area contributed by atoms with Gasteiger partial charge < -0.3 is 57.1 Å². The summed E-state index contributed by atoms with van der Waals surface area (Å²) in [5.41, 5.74) is 12.0. The van der Waals surface area contributed by atoms with E-state index >= 15 is 0 Å². The zero-order valence-corrected chi connectivity index (χ0v) is 40.7. The fraction of sp³-hybridized carbons (Fsp3) is 0.447. The Kier molecular flexibility index (Phi) is 18.0. The fourth-order valence-corrected chi connectivity index (χ4v) is 9.24. The van der Waals surface area contributed by atoms with Crippen LogP contribution < -0.4 is 53.7 Å². The third kappa shape index (κ3) is 12.8. The van der Waals surface area contributed by atoms with E-state index in [-0.39, 0.29) is 39.5 Å². The molecule has 0 aliphatic carbocycles. The summed E-state index contributed by atoms with van der Waals surface area (Å²) in [6.07, 6.45) is 1.81. The van der Waals surface area contributed by atoms with E-state index in [2.05, 4.69) is 117 Å². The number of unbranched alkanes of at least 4 members (excludes halogenated alkanes) is 1. The number of thioether (sulfide) groups is 1. The van der Waals surface area contributed by atoms with Crippen LogP contribution in [-0.4, -0.2) is 80.6 Å². The van der Waals surface area contributed by atoms with Crippen molar-refractivity contribution in [2.75, 3.05) is 62.1 Å². The average Bonchev–Trinajstić information content (AvgIpc) is 3.10. The van der Waals surface area contributed by atoms with Gasteiger partial charge in [-0.15, -0.1) is 0 Å². The predicted octanol–water partition coefficient (Wildman–Crippen LogP) is 3.28. The Morgan fingerprint density at radius 2 is 1.10 bits per heavy atom. The summed E-state index contributed by atoms with van der Waals surface area (Å²) in [5.74, 6) is 1.96. The lowest BCUT2D eigenvalue weighted by Gasteiger charge is -2.39. The molecule has 0 aliphatic heterocycles. The highest BCUT2D eigenvalue weighted by Gasteiger charge is 2.28. The Bertz CT molecular complexity index is 2180. The first-order chi connectivity index (χ1) is 26.5. The third-order valence-electron chi connectivity index (χ3n) is 10.7. The van der Waals surface area contributed by atoms with Crippen LogP contribution in [0.25, 0.3) is 10.9 Å². The first-order valence-corrected chi connectivity index (χ1v) is 20.7. The predicted molar refractivity (Wildman–Crippen MR) is 233 cm³/mol. The van der Waals surface area contributed by atoms with Crippen molar-refractivity contribution in [1.29, 1.82) is 0 Å². The quantitative estimate of drug-likeness (QED) is 0.0583. The zero-order valence-electron chi connectivity index (χ0n) is 36.7. The highest BCUT2D eigenvalue weighted by Crippen LogP contribution is 2.42. The van der Waals surface area contributed by atoms with Gasteiger partial charge in [0.25, 0.3) is 5.56 Å². The minimum Gasteiger partial charge on any atom is -1.00 e. The van der Waals surface area contributed by atoms with Crippen LogP contribution in [0.2, 0.25) is 0 Å². The molecule has 0 saturated carbocycles. The maximum Gasteiger partial charge on any atom is 0.262 e.